The lowest BCUT2D eigenvalue weighted by molar-refractivity contribution is -0.144. The van der Waals surface area contributed by atoms with E-state index in [0.717, 1.165) is 32.1 Å². The quantitative estimate of drug-likeness (QED) is 0.543. The number of halogens is 4. The first-order valence-corrected chi connectivity index (χ1v) is 9.03. The van der Waals surface area contributed by atoms with Gasteiger partial charge in [0.15, 0.2) is 22.9 Å². The molecule has 1 saturated carbocycles. The van der Waals surface area contributed by atoms with Gasteiger partial charge < -0.3 is 15.6 Å². The van der Waals surface area contributed by atoms with Crippen molar-refractivity contribution in [3.05, 3.63) is 35.9 Å². The van der Waals surface area contributed by atoms with Crippen LogP contribution < -0.4 is 10.6 Å². The van der Waals surface area contributed by atoms with Crippen LogP contribution in [0.25, 0.3) is 11.3 Å². The number of hydrogen-bond acceptors (Lipinski definition) is 5. The van der Waals surface area contributed by atoms with Crippen LogP contribution in [0.15, 0.2) is 24.3 Å². The number of nitrogens with one attached hydrogen (secondary N) is 3. The molecule has 0 aliphatic heterocycles. The second-order valence-electron chi connectivity index (χ2n) is 6.76. The fourth-order valence-corrected chi connectivity index (χ4v) is 3.29. The van der Waals surface area contributed by atoms with Crippen LogP contribution in [0, 0.1) is 5.82 Å². The number of H-pyrrole nitrogens is 1. The molecule has 0 spiro atoms. The molecule has 0 atom stereocenters. The van der Waals surface area contributed by atoms with Crippen molar-refractivity contribution < 1.29 is 17.6 Å². The number of para-hydroxylation sites is 1. The Kier molecular flexibility index (Phi) is 4.78. The number of nitrogens with zero attached hydrogens (tertiary/aromatic N) is 3. The minimum absolute atomic E-state index is 0.0790. The summed E-state index contributed by atoms with van der Waals surface area (Å²) < 4.78 is 52.9. The Morgan fingerprint density at radius 1 is 0.964 bits per heavy atom. The van der Waals surface area contributed by atoms with Crippen molar-refractivity contribution in [1.82, 2.24) is 19.9 Å². The number of hydrogen-bond donors (Lipinski definition) is 3. The van der Waals surface area contributed by atoms with E-state index >= 15 is 0 Å². The Hall–Kier alpha value is -2.91. The zero-order valence-electron chi connectivity index (χ0n) is 14.8. The van der Waals surface area contributed by atoms with Crippen molar-refractivity contribution >= 4 is 28.6 Å². The van der Waals surface area contributed by atoms with Crippen molar-refractivity contribution in [3.63, 3.8) is 0 Å². The number of benzene rings is 1. The van der Waals surface area contributed by atoms with E-state index in [1.165, 1.54) is 12.1 Å². The largest absolute Gasteiger partial charge is 0.449 e. The molecule has 6 nitrogen and oxygen atoms in total. The van der Waals surface area contributed by atoms with Crippen LogP contribution in [0.3, 0.4) is 0 Å². The Morgan fingerprint density at radius 3 is 2.43 bits per heavy atom. The van der Waals surface area contributed by atoms with Crippen LogP contribution in [-0.2, 0) is 6.18 Å². The third-order valence-corrected chi connectivity index (χ3v) is 4.67. The number of aromatic nitrogens is 4. The van der Waals surface area contributed by atoms with Gasteiger partial charge in [-0.1, -0.05) is 31.4 Å². The second-order valence-corrected chi connectivity index (χ2v) is 6.76. The zero-order valence-corrected chi connectivity index (χ0v) is 14.8. The molecule has 4 rings (SSSR count). The lowest BCUT2D eigenvalue weighted by Gasteiger charge is -2.24. The van der Waals surface area contributed by atoms with Gasteiger partial charge in [-0.2, -0.15) is 13.2 Å². The lowest BCUT2D eigenvalue weighted by Crippen LogP contribution is -2.23. The molecular weight excluding hydrogens is 376 g/mol. The number of imidazole rings is 1. The predicted octanol–water partition coefficient (Wildman–Crippen LogP) is 5.00. The molecule has 1 aliphatic carbocycles. The Morgan fingerprint density at radius 2 is 1.71 bits per heavy atom. The Bertz CT molecular complexity index is 978. The van der Waals surface area contributed by atoms with Crippen LogP contribution in [0.1, 0.15) is 37.9 Å². The summed E-state index contributed by atoms with van der Waals surface area (Å²) in [6.07, 6.45) is 0.486. The Balaban J connectivity index is 1.74. The standard InChI is InChI=1S/C18H18F4N6/c19-11-8-4-5-9-12(11)24-14-13(23-10-6-2-1-3-7-10)25-15-16(26-14)28-17(27-15)18(20,21)22/h4-5,8-10H,1-3,6-7H2,(H3,23,24,25,26,27,28). The third-order valence-electron chi connectivity index (χ3n) is 4.67. The number of fused-ring (bicyclic) bond motifs is 1. The van der Waals surface area contributed by atoms with Crippen LogP contribution in [0.2, 0.25) is 0 Å². The summed E-state index contributed by atoms with van der Waals surface area (Å²) in [5, 5.41) is 6.07. The van der Waals surface area contributed by atoms with Gasteiger partial charge in [-0.15, -0.1) is 0 Å². The van der Waals surface area contributed by atoms with Gasteiger partial charge >= 0.3 is 6.18 Å². The van der Waals surface area contributed by atoms with Gasteiger partial charge in [0.05, 0.1) is 5.69 Å². The first-order chi connectivity index (χ1) is 13.4. The third kappa shape index (κ3) is 3.85. The minimum Gasteiger partial charge on any atom is -0.364 e. The van der Waals surface area contributed by atoms with Gasteiger partial charge in [0.1, 0.15) is 5.82 Å². The minimum atomic E-state index is -4.64. The normalized spacial score (nSPS) is 15.7. The Labute approximate surface area is 157 Å². The number of aromatic amines is 1. The van der Waals surface area contributed by atoms with Gasteiger partial charge in [-0.3, -0.25) is 0 Å². The van der Waals surface area contributed by atoms with E-state index in [2.05, 4.69) is 30.6 Å². The maximum absolute atomic E-state index is 14.0. The molecule has 10 heteroatoms. The highest BCUT2D eigenvalue weighted by Crippen LogP contribution is 2.31. The molecule has 0 saturated heterocycles. The van der Waals surface area contributed by atoms with Crippen molar-refractivity contribution in [3.8, 4) is 0 Å². The van der Waals surface area contributed by atoms with E-state index < -0.39 is 17.8 Å². The highest BCUT2D eigenvalue weighted by molar-refractivity contribution is 5.77. The second kappa shape index (κ2) is 7.25. The van der Waals surface area contributed by atoms with E-state index in [-0.39, 0.29) is 34.7 Å². The zero-order chi connectivity index (χ0) is 19.7. The van der Waals surface area contributed by atoms with Gasteiger partial charge in [-0.05, 0) is 25.0 Å². The van der Waals surface area contributed by atoms with Crippen molar-refractivity contribution in [1.29, 1.82) is 0 Å². The van der Waals surface area contributed by atoms with E-state index in [9.17, 15) is 17.6 Å². The maximum Gasteiger partial charge on any atom is 0.449 e. The molecule has 1 fully saturated rings. The van der Waals surface area contributed by atoms with Crippen LogP contribution >= 0.6 is 0 Å². The first kappa shape index (κ1) is 18.5. The molecule has 2 heterocycles. The van der Waals surface area contributed by atoms with E-state index in [1.54, 1.807) is 12.1 Å². The molecule has 0 radical (unpaired) electrons. The molecule has 0 amide bonds. The lowest BCUT2D eigenvalue weighted by atomic mass is 9.95. The summed E-state index contributed by atoms with van der Waals surface area (Å²) in [7, 11) is 0. The summed E-state index contributed by atoms with van der Waals surface area (Å²) in [6, 6.07) is 6.10. The van der Waals surface area contributed by atoms with E-state index in [1.807, 2.05) is 0 Å². The molecule has 2 aromatic heterocycles. The molecule has 1 aromatic carbocycles. The summed E-state index contributed by atoms with van der Waals surface area (Å²) >= 11 is 0. The average molecular weight is 394 g/mol. The number of rotatable bonds is 4. The first-order valence-electron chi connectivity index (χ1n) is 9.03. The molecule has 1 aliphatic rings. The average Bonchev–Trinajstić information content (AvgIpc) is 3.08. The molecular formula is C18H18F4N6. The van der Waals surface area contributed by atoms with E-state index in [0.29, 0.717) is 0 Å². The van der Waals surface area contributed by atoms with Gasteiger partial charge in [0.25, 0.3) is 0 Å². The van der Waals surface area contributed by atoms with Crippen LogP contribution in [-0.4, -0.2) is 26.0 Å². The summed E-state index contributed by atoms with van der Waals surface area (Å²) in [5.41, 5.74) is -0.125. The fraction of sp³-hybridized carbons (Fsp3) is 0.389. The summed E-state index contributed by atoms with van der Waals surface area (Å²) in [5.74, 6) is -1.29. The smallest absolute Gasteiger partial charge is 0.364 e. The van der Waals surface area contributed by atoms with Crippen LogP contribution in [0.4, 0.5) is 34.9 Å². The maximum atomic E-state index is 14.0. The van der Waals surface area contributed by atoms with Gasteiger partial charge in [-0.25, -0.2) is 19.3 Å². The molecule has 3 N–H and O–H groups in total. The predicted molar refractivity (Wildman–Crippen MR) is 96.9 cm³/mol. The molecule has 148 valence electrons. The summed E-state index contributed by atoms with van der Waals surface area (Å²) in [6.45, 7) is 0. The highest BCUT2D eigenvalue weighted by atomic mass is 19.4. The van der Waals surface area contributed by atoms with Crippen molar-refractivity contribution in [2.75, 3.05) is 10.6 Å². The van der Waals surface area contributed by atoms with Gasteiger partial charge in [0.2, 0.25) is 5.82 Å². The molecule has 0 unspecified atom stereocenters. The SMILES string of the molecule is Fc1ccccc1Nc1nc2nc(C(F)(F)F)[nH]c2nc1NC1CCCCC1. The van der Waals surface area contributed by atoms with Crippen molar-refractivity contribution in [2.45, 2.75) is 44.3 Å². The number of alkyl halides is 3. The van der Waals surface area contributed by atoms with Crippen LogP contribution in [0.5, 0.6) is 0 Å². The monoisotopic (exact) mass is 394 g/mol. The molecule has 0 bridgehead atoms. The molecule has 3 aromatic rings. The number of anilines is 3. The highest BCUT2D eigenvalue weighted by Gasteiger charge is 2.35. The molecule has 28 heavy (non-hydrogen) atoms. The van der Waals surface area contributed by atoms with Crippen molar-refractivity contribution in [2.24, 2.45) is 0 Å². The topological polar surface area (TPSA) is 78.5 Å². The summed E-state index contributed by atoms with van der Waals surface area (Å²) in [4.78, 5) is 14.1. The fourth-order valence-electron chi connectivity index (χ4n) is 3.29. The van der Waals surface area contributed by atoms with Gasteiger partial charge in [0, 0.05) is 6.04 Å². The van der Waals surface area contributed by atoms with E-state index in [4.69, 9.17) is 0 Å².